The highest BCUT2D eigenvalue weighted by atomic mass is 16.5. The number of nitrogens with zero attached hydrogens (tertiary/aromatic N) is 3. The number of rotatable bonds is 12. The summed E-state index contributed by atoms with van der Waals surface area (Å²) in [5.74, 6) is 2.31. The fourth-order valence-electron chi connectivity index (χ4n) is 4.20. The number of imidazole rings is 1. The summed E-state index contributed by atoms with van der Waals surface area (Å²) < 4.78 is 7.24. The van der Waals surface area contributed by atoms with E-state index in [4.69, 9.17) is 9.72 Å². The van der Waals surface area contributed by atoms with Crippen LogP contribution in [0.1, 0.15) is 50.3 Å². The Hall–Kier alpha value is -3.35. The SMILES string of the molecule is COc1cccc(C(=O)NCCCc2nc3ccccc3n2CC(=O)N(CC(C)C)CC(C)C)c1. The zero-order valence-corrected chi connectivity index (χ0v) is 21.6. The van der Waals surface area contributed by atoms with Crippen molar-refractivity contribution < 1.29 is 14.3 Å². The van der Waals surface area contributed by atoms with E-state index in [0.717, 1.165) is 36.4 Å². The Morgan fingerprint density at radius 3 is 2.43 bits per heavy atom. The van der Waals surface area contributed by atoms with E-state index in [1.807, 2.05) is 39.8 Å². The molecule has 7 heteroatoms. The molecule has 0 fully saturated rings. The summed E-state index contributed by atoms with van der Waals surface area (Å²) in [6, 6.07) is 15.0. The minimum Gasteiger partial charge on any atom is -0.497 e. The first kappa shape index (κ1) is 26.3. The molecule has 0 aliphatic rings. The predicted molar refractivity (Wildman–Crippen MR) is 140 cm³/mol. The molecule has 2 aromatic carbocycles. The Morgan fingerprint density at radius 2 is 1.74 bits per heavy atom. The van der Waals surface area contributed by atoms with Crippen molar-refractivity contribution in [1.29, 1.82) is 0 Å². The highest BCUT2D eigenvalue weighted by Crippen LogP contribution is 2.18. The van der Waals surface area contributed by atoms with Gasteiger partial charge in [-0.05, 0) is 48.6 Å². The highest BCUT2D eigenvalue weighted by molar-refractivity contribution is 5.94. The lowest BCUT2D eigenvalue weighted by molar-refractivity contribution is -0.132. The highest BCUT2D eigenvalue weighted by Gasteiger charge is 2.20. The molecule has 0 aliphatic heterocycles. The summed E-state index contributed by atoms with van der Waals surface area (Å²) >= 11 is 0. The number of ether oxygens (including phenoxy) is 1. The molecule has 0 aliphatic carbocycles. The minimum atomic E-state index is -0.134. The minimum absolute atomic E-state index is 0.114. The van der Waals surface area contributed by atoms with E-state index in [-0.39, 0.29) is 18.4 Å². The van der Waals surface area contributed by atoms with Crippen molar-refractivity contribution in [3.63, 3.8) is 0 Å². The van der Waals surface area contributed by atoms with Crippen molar-refractivity contribution in [2.75, 3.05) is 26.7 Å². The van der Waals surface area contributed by atoms with Crippen LogP contribution < -0.4 is 10.1 Å². The van der Waals surface area contributed by atoms with E-state index >= 15 is 0 Å². The number of amides is 2. The monoisotopic (exact) mass is 478 g/mol. The van der Waals surface area contributed by atoms with Crippen molar-refractivity contribution in [2.24, 2.45) is 11.8 Å². The number of nitrogens with one attached hydrogen (secondary N) is 1. The van der Waals surface area contributed by atoms with Crippen molar-refractivity contribution in [3.05, 3.63) is 59.9 Å². The molecule has 0 spiro atoms. The topological polar surface area (TPSA) is 76.5 Å². The van der Waals surface area contributed by atoms with Gasteiger partial charge in [-0.2, -0.15) is 0 Å². The number of benzene rings is 2. The molecule has 0 bridgehead atoms. The zero-order chi connectivity index (χ0) is 25.4. The Bertz CT molecular complexity index is 1130. The molecule has 0 saturated heterocycles. The fraction of sp³-hybridized carbons (Fsp3) is 0.464. The molecule has 0 unspecified atom stereocenters. The third-order valence-electron chi connectivity index (χ3n) is 5.75. The predicted octanol–water partition coefficient (Wildman–Crippen LogP) is 4.55. The second kappa shape index (κ2) is 12.4. The van der Waals surface area contributed by atoms with Gasteiger partial charge in [-0.15, -0.1) is 0 Å². The number of methoxy groups -OCH3 is 1. The van der Waals surface area contributed by atoms with Gasteiger partial charge in [-0.3, -0.25) is 9.59 Å². The number of hydrogen-bond donors (Lipinski definition) is 1. The van der Waals surface area contributed by atoms with Crippen molar-refractivity contribution >= 4 is 22.8 Å². The second-order valence-electron chi connectivity index (χ2n) is 9.78. The van der Waals surface area contributed by atoms with Crippen LogP contribution in [-0.2, 0) is 17.8 Å². The molecule has 0 radical (unpaired) electrons. The van der Waals surface area contributed by atoms with Crippen molar-refractivity contribution in [3.8, 4) is 5.75 Å². The van der Waals surface area contributed by atoms with Gasteiger partial charge in [0.25, 0.3) is 5.91 Å². The molecule has 3 rings (SSSR count). The Morgan fingerprint density at radius 1 is 1.03 bits per heavy atom. The van der Waals surface area contributed by atoms with Gasteiger partial charge in [-0.25, -0.2) is 4.98 Å². The quantitative estimate of drug-likeness (QED) is 0.388. The summed E-state index contributed by atoms with van der Waals surface area (Å²) in [4.78, 5) is 32.6. The average molecular weight is 479 g/mol. The molecular formula is C28H38N4O3. The molecule has 188 valence electrons. The number of para-hydroxylation sites is 2. The van der Waals surface area contributed by atoms with Gasteiger partial charge >= 0.3 is 0 Å². The van der Waals surface area contributed by atoms with Crippen LogP contribution in [0.3, 0.4) is 0 Å². The van der Waals surface area contributed by atoms with E-state index < -0.39 is 0 Å². The van der Waals surface area contributed by atoms with Gasteiger partial charge in [-0.1, -0.05) is 45.9 Å². The number of aryl methyl sites for hydroxylation is 1. The van der Waals surface area contributed by atoms with Gasteiger partial charge in [0.2, 0.25) is 5.91 Å². The van der Waals surface area contributed by atoms with Gasteiger partial charge in [0.05, 0.1) is 18.1 Å². The van der Waals surface area contributed by atoms with E-state index in [0.29, 0.717) is 36.1 Å². The van der Waals surface area contributed by atoms with E-state index in [1.54, 1.807) is 25.3 Å². The molecule has 0 atom stereocenters. The first-order chi connectivity index (χ1) is 16.8. The van der Waals surface area contributed by atoms with Crippen LogP contribution in [0.4, 0.5) is 0 Å². The van der Waals surface area contributed by atoms with Crippen LogP contribution in [0.5, 0.6) is 5.75 Å². The maximum absolute atomic E-state index is 13.3. The first-order valence-electron chi connectivity index (χ1n) is 12.4. The molecule has 1 N–H and O–H groups in total. The number of carbonyl (C=O) groups excluding carboxylic acids is 2. The smallest absolute Gasteiger partial charge is 0.251 e. The Balaban J connectivity index is 1.68. The third kappa shape index (κ3) is 7.31. The number of carbonyl (C=O) groups is 2. The summed E-state index contributed by atoms with van der Waals surface area (Å²) in [5.41, 5.74) is 2.41. The lowest BCUT2D eigenvalue weighted by Crippen LogP contribution is -2.39. The van der Waals surface area contributed by atoms with Gasteiger partial charge < -0.3 is 19.5 Å². The molecule has 2 amide bonds. The van der Waals surface area contributed by atoms with Crippen LogP contribution >= 0.6 is 0 Å². The molecule has 0 saturated carbocycles. The number of hydrogen-bond acceptors (Lipinski definition) is 4. The van der Waals surface area contributed by atoms with Gasteiger partial charge in [0, 0.05) is 31.6 Å². The number of fused-ring (bicyclic) bond motifs is 1. The molecular weight excluding hydrogens is 440 g/mol. The average Bonchev–Trinajstić information content (AvgIpc) is 3.17. The van der Waals surface area contributed by atoms with Crippen LogP contribution in [0, 0.1) is 11.8 Å². The van der Waals surface area contributed by atoms with Gasteiger partial charge in [0.1, 0.15) is 18.1 Å². The second-order valence-corrected chi connectivity index (χ2v) is 9.78. The molecule has 1 aromatic heterocycles. The molecule has 1 heterocycles. The summed E-state index contributed by atoms with van der Waals surface area (Å²) in [6.45, 7) is 10.8. The first-order valence-corrected chi connectivity index (χ1v) is 12.4. The Labute approximate surface area is 208 Å². The van der Waals surface area contributed by atoms with E-state index in [9.17, 15) is 9.59 Å². The van der Waals surface area contributed by atoms with Gasteiger partial charge in [0.15, 0.2) is 0 Å². The largest absolute Gasteiger partial charge is 0.497 e. The van der Waals surface area contributed by atoms with Crippen molar-refractivity contribution in [1.82, 2.24) is 19.8 Å². The summed E-state index contributed by atoms with van der Waals surface area (Å²) in [6.07, 6.45) is 1.38. The van der Waals surface area contributed by atoms with Crippen LogP contribution in [0.15, 0.2) is 48.5 Å². The molecule has 3 aromatic rings. The van der Waals surface area contributed by atoms with Crippen LogP contribution in [-0.4, -0.2) is 53.0 Å². The van der Waals surface area contributed by atoms with Crippen molar-refractivity contribution in [2.45, 2.75) is 47.1 Å². The standard InChI is InChI=1S/C28H38N4O3/c1-20(2)17-31(18-21(3)4)27(33)19-32-25-13-7-6-12-24(25)30-26(32)14-9-15-29-28(34)22-10-8-11-23(16-22)35-5/h6-8,10-13,16,20-21H,9,14-15,17-19H2,1-5H3,(H,29,34). The fourth-order valence-corrected chi connectivity index (χ4v) is 4.20. The lowest BCUT2D eigenvalue weighted by atomic mass is 10.1. The Kier molecular flexibility index (Phi) is 9.29. The molecule has 7 nitrogen and oxygen atoms in total. The summed E-state index contributed by atoms with van der Waals surface area (Å²) in [5, 5.41) is 2.97. The normalized spacial score (nSPS) is 11.3. The summed E-state index contributed by atoms with van der Waals surface area (Å²) in [7, 11) is 1.58. The maximum atomic E-state index is 13.3. The van der Waals surface area contributed by atoms with Crippen LogP contribution in [0.25, 0.3) is 11.0 Å². The third-order valence-corrected chi connectivity index (χ3v) is 5.75. The zero-order valence-electron chi connectivity index (χ0n) is 21.6. The lowest BCUT2D eigenvalue weighted by Gasteiger charge is -2.27. The van der Waals surface area contributed by atoms with E-state index in [1.165, 1.54) is 0 Å². The molecule has 35 heavy (non-hydrogen) atoms. The van der Waals surface area contributed by atoms with Crippen LogP contribution in [0.2, 0.25) is 0 Å². The van der Waals surface area contributed by atoms with E-state index in [2.05, 4.69) is 33.0 Å². The number of aromatic nitrogens is 2. The maximum Gasteiger partial charge on any atom is 0.251 e.